The Morgan fingerprint density at radius 2 is 1.67 bits per heavy atom. The van der Waals surface area contributed by atoms with Crippen LogP contribution in [0.4, 0.5) is 9.59 Å². The van der Waals surface area contributed by atoms with Gasteiger partial charge in [-0.3, -0.25) is 9.69 Å². The highest BCUT2D eigenvalue weighted by atomic mass is 35.5. The van der Waals surface area contributed by atoms with Gasteiger partial charge in [0.15, 0.2) is 9.84 Å². The minimum atomic E-state index is -3.32. The van der Waals surface area contributed by atoms with Crippen molar-refractivity contribution in [3.05, 3.63) is 65.7 Å². The third kappa shape index (κ3) is 7.09. The number of likely N-dealkylation sites (tertiary alicyclic amines) is 1. The molecule has 0 bridgehead atoms. The lowest BCUT2D eigenvalue weighted by Gasteiger charge is -2.38. The van der Waals surface area contributed by atoms with Crippen LogP contribution in [0.15, 0.2) is 59.5 Å². The van der Waals surface area contributed by atoms with Gasteiger partial charge in [0.1, 0.15) is 5.54 Å². The maximum absolute atomic E-state index is 13.3. The van der Waals surface area contributed by atoms with Gasteiger partial charge in [-0.1, -0.05) is 42.5 Å². The summed E-state index contributed by atoms with van der Waals surface area (Å²) in [6, 6.07) is 15.4. The van der Waals surface area contributed by atoms with Crippen LogP contribution in [0.1, 0.15) is 36.4 Å². The van der Waals surface area contributed by atoms with Gasteiger partial charge in [0.25, 0.3) is 5.91 Å². The maximum Gasteiger partial charge on any atom is 0.325 e. The van der Waals surface area contributed by atoms with Crippen LogP contribution in [0.3, 0.4) is 0 Å². The lowest BCUT2D eigenvalue weighted by molar-refractivity contribution is -0.133. The summed E-state index contributed by atoms with van der Waals surface area (Å²) in [5, 5.41) is 6.01. The zero-order chi connectivity index (χ0) is 27.5. The Balaban J connectivity index is 0.00000420. The predicted octanol–water partition coefficient (Wildman–Crippen LogP) is 2.80. The number of carbonyl (C=O) groups is 3. The number of benzene rings is 2. The molecule has 2 heterocycles. The highest BCUT2D eigenvalue weighted by Gasteiger charge is 2.52. The van der Waals surface area contributed by atoms with Crippen molar-refractivity contribution in [1.82, 2.24) is 25.3 Å². The number of nitrogens with one attached hydrogen (secondary N) is 2. The van der Waals surface area contributed by atoms with Crippen LogP contribution in [0.2, 0.25) is 0 Å². The first-order valence-electron chi connectivity index (χ1n) is 12.7. The molecule has 2 N–H and O–H groups in total. The molecule has 2 fully saturated rings. The zero-order valence-corrected chi connectivity index (χ0v) is 24.1. The Kier molecular flexibility index (Phi) is 9.63. The van der Waals surface area contributed by atoms with Crippen molar-refractivity contribution in [2.45, 2.75) is 42.3 Å². The normalized spacial score (nSPS) is 17.9. The standard InChI is InChI=1S/C27H35N5O5S.ClH/c1-30(2)25(34)28-23(21-7-5-4-6-8-21)13-16-31-17-14-27(15-18-31)24(33)32(26(35)29-27)19-20-9-11-22(12-10-20)38(3,36)37;/h4-12,23H,13-19H2,1-3H3,(H,28,34)(H,29,35);1H/t23-;/m0./s1. The second-order valence-corrected chi connectivity index (χ2v) is 12.3. The average Bonchev–Trinajstić information content (AvgIpc) is 3.11. The highest BCUT2D eigenvalue weighted by molar-refractivity contribution is 7.90. The van der Waals surface area contributed by atoms with E-state index in [4.69, 9.17) is 0 Å². The first-order valence-corrected chi connectivity index (χ1v) is 14.6. The number of piperidine rings is 1. The fraction of sp³-hybridized carbons (Fsp3) is 0.444. The first-order chi connectivity index (χ1) is 18.0. The molecule has 0 aliphatic carbocycles. The molecule has 2 aromatic carbocycles. The summed E-state index contributed by atoms with van der Waals surface area (Å²) in [4.78, 5) is 43.6. The second kappa shape index (κ2) is 12.4. The monoisotopic (exact) mass is 577 g/mol. The summed E-state index contributed by atoms with van der Waals surface area (Å²) in [5.41, 5.74) is 0.801. The van der Waals surface area contributed by atoms with E-state index in [1.165, 1.54) is 21.9 Å². The van der Waals surface area contributed by atoms with Gasteiger partial charge in [0.05, 0.1) is 17.5 Å². The van der Waals surface area contributed by atoms with E-state index in [-0.39, 0.29) is 41.8 Å². The Morgan fingerprint density at radius 3 is 2.23 bits per heavy atom. The number of amides is 5. The summed E-state index contributed by atoms with van der Waals surface area (Å²) in [7, 11) is 0.102. The molecule has 0 radical (unpaired) electrons. The number of sulfone groups is 1. The smallest absolute Gasteiger partial charge is 0.325 e. The summed E-state index contributed by atoms with van der Waals surface area (Å²) in [6.07, 6.45) is 2.85. The molecule has 4 rings (SSSR count). The molecule has 212 valence electrons. The van der Waals surface area contributed by atoms with Gasteiger partial charge in [-0.2, -0.15) is 0 Å². The van der Waals surface area contributed by atoms with Crippen molar-refractivity contribution in [3.8, 4) is 0 Å². The molecule has 39 heavy (non-hydrogen) atoms. The number of nitrogens with zero attached hydrogens (tertiary/aromatic N) is 3. The van der Waals surface area contributed by atoms with Gasteiger partial charge in [-0.15, -0.1) is 12.4 Å². The molecule has 1 atom stereocenters. The van der Waals surface area contributed by atoms with Crippen molar-refractivity contribution in [2.24, 2.45) is 0 Å². The molecule has 1 spiro atoms. The number of imide groups is 1. The SMILES string of the molecule is CN(C)C(=O)N[C@@H](CCN1CCC2(CC1)NC(=O)N(Cc1ccc(S(C)(=O)=O)cc1)C2=O)c1ccccc1.Cl. The van der Waals surface area contributed by atoms with Gasteiger partial charge >= 0.3 is 12.1 Å². The molecule has 0 saturated carbocycles. The molecule has 2 saturated heterocycles. The predicted molar refractivity (Wildman–Crippen MR) is 150 cm³/mol. The number of rotatable bonds is 8. The summed E-state index contributed by atoms with van der Waals surface area (Å²) in [6.45, 7) is 2.12. The van der Waals surface area contributed by atoms with E-state index < -0.39 is 21.4 Å². The topological polar surface area (TPSA) is 119 Å². The Bertz CT molecular complexity index is 1280. The summed E-state index contributed by atoms with van der Waals surface area (Å²) >= 11 is 0. The van der Waals surface area contributed by atoms with Crippen LogP contribution in [0.25, 0.3) is 0 Å². The molecular formula is C27H36ClN5O5S. The number of halogens is 1. The third-order valence-corrected chi connectivity index (χ3v) is 8.42. The summed E-state index contributed by atoms with van der Waals surface area (Å²) in [5.74, 6) is -0.241. The van der Waals surface area contributed by atoms with E-state index in [9.17, 15) is 22.8 Å². The fourth-order valence-electron chi connectivity index (χ4n) is 4.94. The molecule has 2 aliphatic heterocycles. The zero-order valence-electron chi connectivity index (χ0n) is 22.4. The van der Waals surface area contributed by atoms with Crippen molar-refractivity contribution < 1.29 is 22.8 Å². The van der Waals surface area contributed by atoms with Crippen molar-refractivity contribution in [3.63, 3.8) is 0 Å². The Hall–Kier alpha value is -3.15. The molecule has 12 heteroatoms. The van der Waals surface area contributed by atoms with Crippen LogP contribution in [0, 0.1) is 0 Å². The molecule has 0 aromatic heterocycles. The van der Waals surface area contributed by atoms with Crippen LogP contribution in [-0.4, -0.2) is 86.6 Å². The van der Waals surface area contributed by atoms with Gasteiger partial charge in [-0.05, 0) is 42.5 Å². The average molecular weight is 578 g/mol. The Morgan fingerprint density at radius 1 is 1.05 bits per heavy atom. The number of hydrogen-bond donors (Lipinski definition) is 2. The minimum absolute atomic E-state index is 0. The van der Waals surface area contributed by atoms with Crippen molar-refractivity contribution in [1.29, 1.82) is 0 Å². The number of hydrogen-bond acceptors (Lipinski definition) is 6. The lowest BCUT2D eigenvalue weighted by Crippen LogP contribution is -2.55. The minimum Gasteiger partial charge on any atom is -0.331 e. The van der Waals surface area contributed by atoms with E-state index in [0.717, 1.165) is 18.4 Å². The lowest BCUT2D eigenvalue weighted by atomic mass is 9.87. The van der Waals surface area contributed by atoms with Gasteiger partial charge in [0.2, 0.25) is 0 Å². The van der Waals surface area contributed by atoms with E-state index in [2.05, 4.69) is 15.5 Å². The van der Waals surface area contributed by atoms with Gasteiger partial charge < -0.3 is 20.4 Å². The molecular weight excluding hydrogens is 542 g/mol. The first kappa shape index (κ1) is 30.4. The Labute approximate surface area is 236 Å². The van der Waals surface area contributed by atoms with Crippen molar-refractivity contribution in [2.75, 3.05) is 40.0 Å². The quantitative estimate of drug-likeness (QED) is 0.466. The van der Waals surface area contributed by atoms with E-state index >= 15 is 0 Å². The van der Waals surface area contributed by atoms with Crippen LogP contribution in [0.5, 0.6) is 0 Å². The highest BCUT2D eigenvalue weighted by Crippen LogP contribution is 2.31. The van der Waals surface area contributed by atoms with E-state index in [0.29, 0.717) is 37.9 Å². The number of carbonyl (C=O) groups excluding carboxylic acids is 3. The maximum atomic E-state index is 13.3. The molecule has 10 nitrogen and oxygen atoms in total. The molecule has 0 unspecified atom stereocenters. The molecule has 2 aliphatic rings. The molecule has 2 aromatic rings. The number of urea groups is 2. The van der Waals surface area contributed by atoms with E-state index in [1.807, 2.05) is 30.3 Å². The fourth-order valence-corrected chi connectivity index (χ4v) is 5.57. The van der Waals surface area contributed by atoms with Crippen LogP contribution in [-0.2, 0) is 21.2 Å². The largest absolute Gasteiger partial charge is 0.331 e. The molecule has 5 amide bonds. The van der Waals surface area contributed by atoms with Gasteiger partial charge in [-0.25, -0.2) is 18.0 Å². The second-order valence-electron chi connectivity index (χ2n) is 10.3. The van der Waals surface area contributed by atoms with Crippen LogP contribution >= 0.6 is 12.4 Å². The van der Waals surface area contributed by atoms with Crippen LogP contribution < -0.4 is 10.6 Å². The summed E-state index contributed by atoms with van der Waals surface area (Å²) < 4.78 is 23.4. The van der Waals surface area contributed by atoms with E-state index in [1.54, 1.807) is 26.2 Å². The van der Waals surface area contributed by atoms with Crippen molar-refractivity contribution >= 4 is 40.2 Å². The van der Waals surface area contributed by atoms with Gasteiger partial charge in [0, 0.05) is 40.0 Å². The third-order valence-electron chi connectivity index (χ3n) is 7.29.